The van der Waals surface area contributed by atoms with Gasteiger partial charge in [0.05, 0.1) is 11.5 Å². The number of halogens is 1. The molecule has 0 radical (unpaired) electrons. The minimum absolute atomic E-state index is 0.0281. The summed E-state index contributed by atoms with van der Waals surface area (Å²) in [4.78, 5) is 12.0. The van der Waals surface area contributed by atoms with E-state index in [4.69, 9.17) is 16.3 Å². The molecule has 0 aromatic heterocycles. The number of alkyl halides is 1. The summed E-state index contributed by atoms with van der Waals surface area (Å²) >= 11 is 6.51. The molecule has 2 heterocycles. The normalized spacial score (nSPS) is 23.9. The number of carbonyl (C=O) groups excluding carboxylic acids is 1. The van der Waals surface area contributed by atoms with Crippen LogP contribution in [0.4, 0.5) is 0 Å². The molecule has 1 fully saturated rings. The van der Waals surface area contributed by atoms with Gasteiger partial charge in [-0.1, -0.05) is 12.1 Å². The maximum atomic E-state index is 12.0. The number of amides is 1. The van der Waals surface area contributed by atoms with Gasteiger partial charge in [0.15, 0.2) is 0 Å². The van der Waals surface area contributed by atoms with Crippen molar-refractivity contribution >= 4 is 17.5 Å². The Hall–Kier alpha value is -1.06. The van der Waals surface area contributed by atoms with E-state index in [9.17, 15) is 4.79 Å². The highest BCUT2D eigenvalue weighted by atomic mass is 35.5. The van der Waals surface area contributed by atoms with Crippen LogP contribution >= 0.6 is 11.6 Å². The third-order valence-corrected chi connectivity index (χ3v) is 4.57. The smallest absolute Gasteiger partial charge is 0.251 e. The first-order valence-corrected chi connectivity index (χ1v) is 7.84. The monoisotopic (exact) mass is 293 g/mol. The van der Waals surface area contributed by atoms with Crippen molar-refractivity contribution in [2.75, 3.05) is 13.2 Å². The van der Waals surface area contributed by atoms with Gasteiger partial charge in [-0.05, 0) is 49.3 Å². The first-order chi connectivity index (χ1) is 9.74. The number of carbonyl (C=O) groups is 1. The Labute approximate surface area is 124 Å². The quantitative estimate of drug-likeness (QED) is 0.869. The lowest BCUT2D eigenvalue weighted by atomic mass is 9.97. The van der Waals surface area contributed by atoms with Crippen molar-refractivity contribution in [2.24, 2.45) is 0 Å². The zero-order valence-electron chi connectivity index (χ0n) is 11.5. The minimum Gasteiger partial charge on any atom is -0.378 e. The molecule has 0 spiro atoms. The fraction of sp³-hybridized carbons (Fsp3) is 0.562. The molecule has 0 aliphatic carbocycles. The van der Waals surface area contributed by atoms with Gasteiger partial charge >= 0.3 is 0 Å². The lowest BCUT2D eigenvalue weighted by molar-refractivity contribution is 0.0956. The molecule has 1 N–H and O–H groups in total. The topological polar surface area (TPSA) is 38.3 Å². The molecule has 108 valence electrons. The SMILES string of the molecule is O=C1NCCCc2ccc(C(Cl)CC3CCCO3)cc21. The van der Waals surface area contributed by atoms with Gasteiger partial charge in [0.25, 0.3) is 5.91 Å². The van der Waals surface area contributed by atoms with Crippen LogP contribution < -0.4 is 5.32 Å². The number of ether oxygens (including phenoxy) is 1. The van der Waals surface area contributed by atoms with E-state index in [2.05, 4.69) is 17.4 Å². The highest BCUT2D eigenvalue weighted by Crippen LogP contribution is 2.31. The molecular formula is C16H20ClNO2. The molecule has 1 amide bonds. The summed E-state index contributed by atoms with van der Waals surface area (Å²) < 4.78 is 5.64. The predicted octanol–water partition coefficient (Wildman–Crippen LogP) is 3.21. The molecule has 3 rings (SSSR count). The minimum atomic E-state index is -0.0838. The molecule has 20 heavy (non-hydrogen) atoms. The van der Waals surface area contributed by atoms with Crippen molar-refractivity contribution in [1.82, 2.24) is 5.32 Å². The molecule has 0 saturated carbocycles. The number of benzene rings is 1. The summed E-state index contributed by atoms with van der Waals surface area (Å²) in [5, 5.41) is 2.85. The molecule has 2 aliphatic rings. The Morgan fingerprint density at radius 2 is 2.30 bits per heavy atom. The summed E-state index contributed by atoms with van der Waals surface area (Å²) in [5.74, 6) is 0.0281. The fourth-order valence-corrected chi connectivity index (χ4v) is 3.33. The van der Waals surface area contributed by atoms with E-state index in [0.29, 0.717) is 0 Å². The Balaban J connectivity index is 1.78. The first-order valence-electron chi connectivity index (χ1n) is 7.41. The second-order valence-electron chi connectivity index (χ2n) is 5.61. The second kappa shape index (κ2) is 6.15. The van der Waals surface area contributed by atoms with Gasteiger partial charge < -0.3 is 10.1 Å². The maximum Gasteiger partial charge on any atom is 0.251 e. The zero-order chi connectivity index (χ0) is 13.9. The number of hydrogen-bond acceptors (Lipinski definition) is 2. The lowest BCUT2D eigenvalue weighted by Crippen LogP contribution is -2.22. The summed E-state index contributed by atoms with van der Waals surface area (Å²) in [6.07, 6.45) is 5.26. The maximum absolute atomic E-state index is 12.0. The van der Waals surface area contributed by atoms with E-state index < -0.39 is 0 Å². The Morgan fingerprint density at radius 1 is 1.40 bits per heavy atom. The molecule has 2 unspecified atom stereocenters. The van der Waals surface area contributed by atoms with Gasteiger partial charge in [0, 0.05) is 18.7 Å². The molecule has 2 aliphatic heterocycles. The van der Waals surface area contributed by atoms with Crippen molar-refractivity contribution in [2.45, 2.75) is 43.6 Å². The van der Waals surface area contributed by atoms with E-state index in [1.165, 1.54) is 0 Å². The standard InChI is InChI=1S/C16H20ClNO2/c17-15(10-13-4-2-8-20-13)12-6-5-11-3-1-7-18-16(19)14(11)9-12/h5-6,9,13,15H,1-4,7-8,10H2,(H,18,19). The molecule has 0 bridgehead atoms. The number of rotatable bonds is 3. The van der Waals surface area contributed by atoms with Gasteiger partial charge in [0.1, 0.15) is 0 Å². The first kappa shape index (κ1) is 13.9. The summed E-state index contributed by atoms with van der Waals surface area (Å²) in [6.45, 7) is 1.60. The van der Waals surface area contributed by atoms with Crippen molar-refractivity contribution < 1.29 is 9.53 Å². The van der Waals surface area contributed by atoms with E-state index in [1.54, 1.807) is 0 Å². The largest absolute Gasteiger partial charge is 0.378 e. The van der Waals surface area contributed by atoms with E-state index >= 15 is 0 Å². The van der Waals surface area contributed by atoms with Crippen LogP contribution in [0.15, 0.2) is 18.2 Å². The van der Waals surface area contributed by atoms with Gasteiger partial charge in [-0.15, -0.1) is 11.6 Å². The van der Waals surface area contributed by atoms with E-state index in [-0.39, 0.29) is 17.4 Å². The molecule has 1 aromatic carbocycles. The van der Waals surface area contributed by atoms with Gasteiger partial charge in [-0.2, -0.15) is 0 Å². The van der Waals surface area contributed by atoms with Gasteiger partial charge in [-0.3, -0.25) is 4.79 Å². The second-order valence-corrected chi connectivity index (χ2v) is 6.14. The number of nitrogens with one attached hydrogen (secondary N) is 1. The predicted molar refractivity (Wildman–Crippen MR) is 79.3 cm³/mol. The van der Waals surface area contributed by atoms with Gasteiger partial charge in [0.2, 0.25) is 0 Å². The average Bonchev–Trinajstić information content (AvgIpc) is 2.89. The molecule has 1 aromatic rings. The van der Waals surface area contributed by atoms with Crippen LogP contribution in [0.3, 0.4) is 0 Å². The van der Waals surface area contributed by atoms with Gasteiger partial charge in [-0.25, -0.2) is 0 Å². The highest BCUT2D eigenvalue weighted by molar-refractivity contribution is 6.20. The van der Waals surface area contributed by atoms with Crippen molar-refractivity contribution in [1.29, 1.82) is 0 Å². The van der Waals surface area contributed by atoms with Crippen LogP contribution in [0.5, 0.6) is 0 Å². The van der Waals surface area contributed by atoms with Crippen molar-refractivity contribution in [3.8, 4) is 0 Å². The van der Waals surface area contributed by atoms with Crippen LogP contribution in [-0.2, 0) is 11.2 Å². The van der Waals surface area contributed by atoms with Crippen LogP contribution in [0.2, 0.25) is 0 Å². The summed E-state index contributed by atoms with van der Waals surface area (Å²) in [7, 11) is 0. The Morgan fingerprint density at radius 3 is 3.10 bits per heavy atom. The van der Waals surface area contributed by atoms with Crippen LogP contribution in [0.25, 0.3) is 0 Å². The third-order valence-electron chi connectivity index (χ3n) is 4.14. The lowest BCUT2D eigenvalue weighted by Gasteiger charge is -2.16. The van der Waals surface area contributed by atoms with Crippen molar-refractivity contribution in [3.63, 3.8) is 0 Å². The molecule has 2 atom stereocenters. The molecular weight excluding hydrogens is 274 g/mol. The van der Waals surface area contributed by atoms with Crippen LogP contribution in [-0.4, -0.2) is 25.2 Å². The number of hydrogen-bond donors (Lipinski definition) is 1. The molecule has 3 nitrogen and oxygen atoms in total. The van der Waals surface area contributed by atoms with Crippen LogP contribution in [0, 0.1) is 0 Å². The Bertz CT molecular complexity index is 497. The van der Waals surface area contributed by atoms with E-state index in [0.717, 1.165) is 61.9 Å². The number of aryl methyl sites for hydroxylation is 1. The Kier molecular flexibility index (Phi) is 4.27. The summed E-state index contributed by atoms with van der Waals surface area (Å²) in [6, 6.07) is 6.08. The molecule has 1 saturated heterocycles. The van der Waals surface area contributed by atoms with Crippen molar-refractivity contribution in [3.05, 3.63) is 34.9 Å². The zero-order valence-corrected chi connectivity index (χ0v) is 12.3. The van der Waals surface area contributed by atoms with Crippen LogP contribution in [0.1, 0.15) is 52.5 Å². The number of fused-ring (bicyclic) bond motifs is 1. The highest BCUT2D eigenvalue weighted by Gasteiger charge is 2.22. The fourth-order valence-electron chi connectivity index (χ4n) is 2.99. The third kappa shape index (κ3) is 2.99. The van der Waals surface area contributed by atoms with E-state index in [1.807, 2.05) is 6.07 Å². The summed E-state index contributed by atoms with van der Waals surface area (Å²) in [5.41, 5.74) is 2.95. The molecule has 4 heteroatoms. The average molecular weight is 294 g/mol.